The van der Waals surface area contributed by atoms with Crippen LogP contribution in [-0.4, -0.2) is 12.4 Å². The molecule has 0 aromatic heterocycles. The maximum atomic E-state index is 12.2. The van der Waals surface area contributed by atoms with Crippen LogP contribution in [0, 0.1) is 6.92 Å². The first-order chi connectivity index (χ1) is 14.1. The van der Waals surface area contributed by atoms with Crippen LogP contribution in [0.4, 0.5) is 11.4 Å². The highest BCUT2D eigenvalue weighted by molar-refractivity contribution is 6.10. The Morgan fingerprint density at radius 2 is 1.69 bits per heavy atom. The number of hydrogen-bond donors (Lipinski definition) is 2. The van der Waals surface area contributed by atoms with E-state index in [9.17, 15) is 4.79 Å². The molecule has 0 bridgehead atoms. The second kappa shape index (κ2) is 7.84. The molecule has 4 heteroatoms. The Bertz CT molecular complexity index is 1050. The van der Waals surface area contributed by atoms with Crippen LogP contribution < -0.4 is 15.4 Å². The zero-order chi connectivity index (χ0) is 20.4. The van der Waals surface area contributed by atoms with Crippen molar-refractivity contribution in [2.75, 3.05) is 17.2 Å². The van der Waals surface area contributed by atoms with E-state index in [-0.39, 0.29) is 11.9 Å². The Balaban J connectivity index is 1.55. The molecule has 0 aliphatic carbocycles. The second-order valence-corrected chi connectivity index (χ2v) is 7.10. The summed E-state index contributed by atoms with van der Waals surface area (Å²) in [4.78, 5) is 12.2. The van der Waals surface area contributed by atoms with E-state index >= 15 is 0 Å². The lowest BCUT2D eigenvalue weighted by Gasteiger charge is -2.14. The molecule has 146 valence electrons. The smallest absolute Gasteiger partial charge is 0.187 e. The summed E-state index contributed by atoms with van der Waals surface area (Å²) < 4.78 is 5.51. The van der Waals surface area contributed by atoms with Crippen LogP contribution in [0.15, 0.2) is 73.3 Å². The molecule has 2 N–H and O–H groups in total. The van der Waals surface area contributed by atoms with Gasteiger partial charge in [-0.3, -0.25) is 4.79 Å². The molecule has 3 aromatic rings. The predicted octanol–water partition coefficient (Wildman–Crippen LogP) is 5.97. The van der Waals surface area contributed by atoms with Gasteiger partial charge < -0.3 is 15.4 Å². The third-order valence-electron chi connectivity index (χ3n) is 5.06. The SMILES string of the molecule is C=CC(=O)c1cc(C)cc2c1NC(c1ccc(-c3ccc(OCC)cc3)cc1)N2. The first kappa shape index (κ1) is 18.8. The number of carbonyl (C=O) groups excluding carboxylic acids is 1. The molecule has 0 fully saturated rings. The maximum absolute atomic E-state index is 12.2. The molecule has 0 amide bonds. The van der Waals surface area contributed by atoms with E-state index in [1.165, 1.54) is 6.08 Å². The molecule has 0 spiro atoms. The summed E-state index contributed by atoms with van der Waals surface area (Å²) in [6, 6.07) is 20.5. The minimum Gasteiger partial charge on any atom is -0.494 e. The van der Waals surface area contributed by atoms with Crippen molar-refractivity contribution in [2.45, 2.75) is 20.0 Å². The van der Waals surface area contributed by atoms with Gasteiger partial charge in [-0.05, 0) is 66.4 Å². The number of anilines is 2. The highest BCUT2D eigenvalue weighted by Gasteiger charge is 2.25. The lowest BCUT2D eigenvalue weighted by Crippen LogP contribution is -2.12. The average molecular weight is 384 g/mol. The van der Waals surface area contributed by atoms with Gasteiger partial charge in [-0.1, -0.05) is 43.0 Å². The Morgan fingerprint density at radius 3 is 2.31 bits per heavy atom. The maximum Gasteiger partial charge on any atom is 0.187 e. The molecule has 3 aromatic carbocycles. The van der Waals surface area contributed by atoms with Crippen LogP contribution in [0.3, 0.4) is 0 Å². The van der Waals surface area contributed by atoms with Gasteiger partial charge in [0, 0.05) is 5.56 Å². The molecule has 29 heavy (non-hydrogen) atoms. The van der Waals surface area contributed by atoms with Crippen molar-refractivity contribution in [3.05, 3.63) is 90.0 Å². The number of ketones is 1. The molecular weight excluding hydrogens is 360 g/mol. The van der Waals surface area contributed by atoms with E-state index in [4.69, 9.17) is 4.74 Å². The molecule has 1 aliphatic rings. The number of nitrogens with one attached hydrogen (secondary N) is 2. The fourth-order valence-electron chi connectivity index (χ4n) is 3.64. The molecular formula is C25H24N2O2. The van der Waals surface area contributed by atoms with Crippen molar-refractivity contribution in [1.29, 1.82) is 0 Å². The predicted molar refractivity (Wildman–Crippen MR) is 119 cm³/mol. The van der Waals surface area contributed by atoms with Crippen molar-refractivity contribution in [2.24, 2.45) is 0 Å². The summed E-state index contributed by atoms with van der Waals surface area (Å²) in [7, 11) is 0. The number of fused-ring (bicyclic) bond motifs is 1. The van der Waals surface area contributed by atoms with E-state index in [0.717, 1.165) is 39.4 Å². The van der Waals surface area contributed by atoms with Crippen molar-refractivity contribution in [3.63, 3.8) is 0 Å². The minimum atomic E-state index is -0.0856. The fraction of sp³-hybridized carbons (Fsp3) is 0.160. The molecule has 1 aliphatic heterocycles. The zero-order valence-electron chi connectivity index (χ0n) is 16.7. The number of allylic oxidation sites excluding steroid dienone is 1. The first-order valence-corrected chi connectivity index (χ1v) is 9.76. The molecule has 1 heterocycles. The van der Waals surface area contributed by atoms with Gasteiger partial charge in [-0.15, -0.1) is 0 Å². The van der Waals surface area contributed by atoms with Crippen molar-refractivity contribution < 1.29 is 9.53 Å². The monoisotopic (exact) mass is 384 g/mol. The van der Waals surface area contributed by atoms with Gasteiger partial charge in [0.1, 0.15) is 11.9 Å². The summed E-state index contributed by atoms with van der Waals surface area (Å²) in [5, 5.41) is 6.92. The van der Waals surface area contributed by atoms with Gasteiger partial charge in [0.15, 0.2) is 5.78 Å². The Kier molecular flexibility index (Phi) is 5.09. The molecule has 4 rings (SSSR count). The summed E-state index contributed by atoms with van der Waals surface area (Å²) >= 11 is 0. The van der Waals surface area contributed by atoms with Gasteiger partial charge in [0.2, 0.25) is 0 Å². The minimum absolute atomic E-state index is 0.0780. The Morgan fingerprint density at radius 1 is 1.03 bits per heavy atom. The normalized spacial score (nSPS) is 14.5. The lowest BCUT2D eigenvalue weighted by molar-refractivity contribution is 0.104. The van der Waals surface area contributed by atoms with Gasteiger partial charge in [0.25, 0.3) is 0 Å². The molecule has 4 nitrogen and oxygen atoms in total. The first-order valence-electron chi connectivity index (χ1n) is 9.76. The number of aryl methyl sites for hydroxylation is 1. The molecule has 0 radical (unpaired) electrons. The highest BCUT2D eigenvalue weighted by atomic mass is 16.5. The Hall–Kier alpha value is -3.53. The topological polar surface area (TPSA) is 50.4 Å². The summed E-state index contributed by atoms with van der Waals surface area (Å²) in [5.41, 5.74) is 6.85. The number of carbonyl (C=O) groups is 1. The van der Waals surface area contributed by atoms with Crippen LogP contribution in [0.1, 0.15) is 34.6 Å². The van der Waals surface area contributed by atoms with Gasteiger partial charge in [-0.25, -0.2) is 0 Å². The van der Waals surface area contributed by atoms with Crippen molar-refractivity contribution in [3.8, 4) is 16.9 Å². The summed E-state index contributed by atoms with van der Waals surface area (Å²) in [6.45, 7) is 8.25. The van der Waals surface area contributed by atoms with Crippen LogP contribution >= 0.6 is 0 Å². The van der Waals surface area contributed by atoms with E-state index in [1.54, 1.807) is 0 Å². The largest absolute Gasteiger partial charge is 0.494 e. The highest BCUT2D eigenvalue weighted by Crippen LogP contribution is 2.39. The van der Waals surface area contributed by atoms with E-state index in [0.29, 0.717) is 12.2 Å². The van der Waals surface area contributed by atoms with Crippen molar-refractivity contribution in [1.82, 2.24) is 0 Å². The zero-order valence-corrected chi connectivity index (χ0v) is 16.7. The number of ether oxygens (including phenoxy) is 1. The summed E-state index contributed by atoms with van der Waals surface area (Å²) in [6.07, 6.45) is 1.27. The van der Waals surface area contributed by atoms with Gasteiger partial charge in [0.05, 0.1) is 18.0 Å². The number of benzene rings is 3. The number of hydrogen-bond acceptors (Lipinski definition) is 4. The quantitative estimate of drug-likeness (QED) is 0.406. The standard InChI is InChI=1S/C25H24N2O2/c1-4-23(28)21-14-16(3)15-22-24(21)27-25(26-22)19-8-6-17(7-9-19)18-10-12-20(13-11-18)29-5-2/h4,6-15,25-27H,1,5H2,2-3H3. The third-order valence-corrected chi connectivity index (χ3v) is 5.06. The number of rotatable bonds is 6. The van der Waals surface area contributed by atoms with E-state index in [1.807, 2.05) is 32.0 Å². The van der Waals surface area contributed by atoms with Crippen LogP contribution in [-0.2, 0) is 0 Å². The van der Waals surface area contributed by atoms with Crippen LogP contribution in [0.25, 0.3) is 11.1 Å². The van der Waals surface area contributed by atoms with E-state index < -0.39 is 0 Å². The van der Waals surface area contributed by atoms with Crippen molar-refractivity contribution >= 4 is 17.2 Å². The summed E-state index contributed by atoms with van der Waals surface area (Å²) in [5.74, 6) is 0.802. The van der Waals surface area contributed by atoms with E-state index in [2.05, 4.69) is 59.7 Å². The molecule has 0 saturated heterocycles. The molecule has 1 unspecified atom stereocenters. The van der Waals surface area contributed by atoms with Crippen LogP contribution in [0.5, 0.6) is 5.75 Å². The lowest BCUT2D eigenvalue weighted by atomic mass is 10.0. The second-order valence-electron chi connectivity index (χ2n) is 7.10. The van der Waals surface area contributed by atoms with Gasteiger partial charge >= 0.3 is 0 Å². The fourth-order valence-corrected chi connectivity index (χ4v) is 3.64. The van der Waals surface area contributed by atoms with Crippen LogP contribution in [0.2, 0.25) is 0 Å². The molecule has 0 saturated carbocycles. The third kappa shape index (κ3) is 3.74. The van der Waals surface area contributed by atoms with Gasteiger partial charge in [-0.2, -0.15) is 0 Å². The molecule has 1 atom stereocenters. The average Bonchev–Trinajstić information content (AvgIpc) is 3.17. The Labute approximate surface area is 171 Å².